The second kappa shape index (κ2) is 9.19. The summed E-state index contributed by atoms with van der Waals surface area (Å²) in [7, 11) is -1.94. The number of amides is 1. The first-order valence-electron chi connectivity index (χ1n) is 9.13. The molecule has 3 aromatic rings. The molecule has 1 aromatic heterocycles. The van der Waals surface area contributed by atoms with Crippen LogP contribution < -0.4 is 5.32 Å². The maximum atomic E-state index is 12.7. The Morgan fingerprint density at radius 2 is 1.80 bits per heavy atom. The molecular weight excluding hydrogens is 428 g/mol. The van der Waals surface area contributed by atoms with Gasteiger partial charge in [-0.1, -0.05) is 30.4 Å². The topological polar surface area (TPSA) is 126 Å². The number of nitrogens with one attached hydrogen (secondary N) is 1. The maximum Gasteiger partial charge on any atom is 0.259 e. The molecule has 0 saturated heterocycles. The third kappa shape index (κ3) is 4.52. The molecule has 0 aliphatic rings. The number of carbonyl (C=O) groups excluding carboxylic acids is 1. The summed E-state index contributed by atoms with van der Waals surface area (Å²) in [6, 6.07) is 9.42. The molecule has 0 radical (unpaired) electrons. The van der Waals surface area contributed by atoms with Gasteiger partial charge >= 0.3 is 0 Å². The maximum absolute atomic E-state index is 12.7. The van der Waals surface area contributed by atoms with Gasteiger partial charge in [0.25, 0.3) is 5.91 Å². The lowest BCUT2D eigenvalue weighted by Gasteiger charge is -2.15. The van der Waals surface area contributed by atoms with Crippen LogP contribution in [-0.2, 0) is 32.6 Å². The van der Waals surface area contributed by atoms with Gasteiger partial charge in [0.15, 0.2) is 21.1 Å². The summed E-state index contributed by atoms with van der Waals surface area (Å²) < 4.78 is 30.0. The molecule has 0 fully saturated rings. The van der Waals surface area contributed by atoms with Gasteiger partial charge in [0, 0.05) is 7.11 Å². The molecule has 8 nitrogen and oxygen atoms in total. The van der Waals surface area contributed by atoms with Crippen molar-refractivity contribution in [3.63, 3.8) is 0 Å². The second-order valence-corrected chi connectivity index (χ2v) is 9.81. The van der Waals surface area contributed by atoms with Crippen LogP contribution in [0.25, 0.3) is 10.2 Å². The number of aliphatic hydroxyl groups excluding tert-OH is 2. The van der Waals surface area contributed by atoms with Crippen molar-refractivity contribution in [1.82, 2.24) is 4.98 Å². The zero-order valence-electron chi connectivity index (χ0n) is 16.5. The van der Waals surface area contributed by atoms with Crippen LogP contribution in [-0.4, -0.2) is 42.4 Å². The average molecular weight is 451 g/mol. The molecule has 1 amide bonds. The molecule has 1 heterocycles. The fourth-order valence-electron chi connectivity index (χ4n) is 2.99. The highest BCUT2D eigenvalue weighted by atomic mass is 32.2. The predicted octanol–water partition coefficient (Wildman–Crippen LogP) is 2.40. The molecule has 3 N–H and O–H groups in total. The lowest BCUT2D eigenvalue weighted by molar-refractivity contribution is -0.126. The Labute approximate surface area is 178 Å². The van der Waals surface area contributed by atoms with E-state index in [0.29, 0.717) is 27.3 Å². The van der Waals surface area contributed by atoms with Crippen LogP contribution in [0.3, 0.4) is 0 Å². The second-order valence-electron chi connectivity index (χ2n) is 6.50. The Kier molecular flexibility index (Phi) is 6.84. The largest absolute Gasteiger partial charge is 0.392 e. The zero-order valence-corrected chi connectivity index (χ0v) is 18.1. The summed E-state index contributed by atoms with van der Waals surface area (Å²) in [4.78, 5) is 17.3. The number of methoxy groups -OCH3 is 1. The van der Waals surface area contributed by atoms with E-state index >= 15 is 0 Å². The Morgan fingerprint density at radius 3 is 2.37 bits per heavy atom. The summed E-state index contributed by atoms with van der Waals surface area (Å²) in [5, 5.41) is 21.9. The number of nitrogens with zero attached hydrogens (tertiary/aromatic N) is 1. The van der Waals surface area contributed by atoms with Gasteiger partial charge < -0.3 is 14.9 Å². The van der Waals surface area contributed by atoms with E-state index in [1.807, 2.05) is 0 Å². The molecule has 160 valence electrons. The number of anilines is 1. The van der Waals surface area contributed by atoms with E-state index in [2.05, 4.69) is 10.3 Å². The molecule has 30 heavy (non-hydrogen) atoms. The summed E-state index contributed by atoms with van der Waals surface area (Å²) in [6.07, 6.45) is -0.948. The van der Waals surface area contributed by atoms with Crippen LogP contribution in [0.1, 0.15) is 29.7 Å². The Balaban J connectivity index is 1.83. The van der Waals surface area contributed by atoms with Crippen LogP contribution in [0.2, 0.25) is 0 Å². The number of ether oxygens (including phenoxy) is 1. The van der Waals surface area contributed by atoms with E-state index in [1.165, 1.54) is 30.6 Å². The Bertz CT molecular complexity index is 1120. The van der Waals surface area contributed by atoms with Gasteiger partial charge in [0.2, 0.25) is 0 Å². The monoisotopic (exact) mass is 450 g/mol. The normalized spacial score (nSPS) is 12.8. The smallest absolute Gasteiger partial charge is 0.259 e. The molecule has 0 bridgehead atoms. The highest BCUT2D eigenvalue weighted by Gasteiger charge is 2.22. The van der Waals surface area contributed by atoms with Crippen molar-refractivity contribution in [3.8, 4) is 0 Å². The highest BCUT2D eigenvalue weighted by molar-refractivity contribution is 7.91. The third-order valence-corrected chi connectivity index (χ3v) is 7.36. The van der Waals surface area contributed by atoms with Crippen molar-refractivity contribution in [2.75, 3.05) is 18.2 Å². The molecule has 3 rings (SSSR count). The number of carbonyl (C=O) groups is 1. The fourth-order valence-corrected chi connectivity index (χ4v) is 4.79. The molecule has 0 saturated carbocycles. The van der Waals surface area contributed by atoms with Crippen molar-refractivity contribution in [3.05, 3.63) is 53.1 Å². The van der Waals surface area contributed by atoms with E-state index in [-0.39, 0.29) is 23.9 Å². The van der Waals surface area contributed by atoms with E-state index < -0.39 is 21.8 Å². The number of sulfone groups is 1. The number of fused-ring (bicyclic) bond motifs is 1. The molecule has 2 aromatic carbocycles. The number of hydrogen-bond acceptors (Lipinski definition) is 8. The Morgan fingerprint density at radius 1 is 1.17 bits per heavy atom. The van der Waals surface area contributed by atoms with Gasteiger partial charge in [0.05, 0.1) is 34.1 Å². The molecule has 0 spiro atoms. The van der Waals surface area contributed by atoms with Crippen molar-refractivity contribution < 1.29 is 28.2 Å². The lowest BCUT2D eigenvalue weighted by atomic mass is 10.1. The van der Waals surface area contributed by atoms with Crippen LogP contribution in [0, 0.1) is 0 Å². The number of thiazole rings is 1. The standard InChI is InChI=1S/C20H22N2O6S2/c1-3-30(26,27)15-6-4-12(5-7-15)18(28-2)19(25)22-20-21-16-8-13(10-23)14(11-24)9-17(16)29-20/h4-9,18,23-24H,3,10-11H2,1-2H3,(H,21,22,25). The third-order valence-electron chi connectivity index (χ3n) is 4.68. The van der Waals surface area contributed by atoms with Crippen molar-refractivity contribution in [1.29, 1.82) is 0 Å². The SMILES string of the molecule is CCS(=O)(=O)c1ccc(C(OC)C(=O)Nc2nc3cc(CO)c(CO)cc3s2)cc1. The summed E-state index contributed by atoms with van der Waals surface area (Å²) in [6.45, 7) is 1.14. The quantitative estimate of drug-likeness (QED) is 0.481. The van der Waals surface area contributed by atoms with Crippen molar-refractivity contribution in [2.45, 2.75) is 31.1 Å². The number of aromatic nitrogens is 1. The minimum absolute atomic E-state index is 0.00582. The van der Waals surface area contributed by atoms with Crippen LogP contribution in [0.5, 0.6) is 0 Å². The van der Waals surface area contributed by atoms with Gasteiger partial charge in [0.1, 0.15) is 0 Å². The minimum atomic E-state index is -3.33. The predicted molar refractivity (Wildman–Crippen MR) is 114 cm³/mol. The van der Waals surface area contributed by atoms with Crippen molar-refractivity contribution in [2.24, 2.45) is 0 Å². The summed E-state index contributed by atoms with van der Waals surface area (Å²) in [5.74, 6) is -0.457. The minimum Gasteiger partial charge on any atom is -0.392 e. The van der Waals surface area contributed by atoms with Gasteiger partial charge in [-0.05, 0) is 41.0 Å². The fraction of sp³-hybridized carbons (Fsp3) is 0.300. The molecular formula is C20H22N2O6S2. The number of benzene rings is 2. The zero-order chi connectivity index (χ0) is 21.9. The van der Waals surface area contributed by atoms with Gasteiger partial charge in [-0.15, -0.1) is 0 Å². The van der Waals surface area contributed by atoms with Crippen LogP contribution >= 0.6 is 11.3 Å². The van der Waals surface area contributed by atoms with E-state index in [4.69, 9.17) is 4.74 Å². The molecule has 1 unspecified atom stereocenters. The highest BCUT2D eigenvalue weighted by Crippen LogP contribution is 2.30. The number of rotatable bonds is 8. The molecule has 1 atom stereocenters. The summed E-state index contributed by atoms with van der Waals surface area (Å²) >= 11 is 1.24. The summed E-state index contributed by atoms with van der Waals surface area (Å²) in [5.41, 5.74) is 2.28. The Hall–Kier alpha value is -2.37. The molecule has 10 heteroatoms. The van der Waals surface area contributed by atoms with Crippen LogP contribution in [0.15, 0.2) is 41.3 Å². The molecule has 0 aliphatic heterocycles. The van der Waals surface area contributed by atoms with Gasteiger partial charge in [-0.2, -0.15) is 0 Å². The lowest BCUT2D eigenvalue weighted by Crippen LogP contribution is -2.22. The van der Waals surface area contributed by atoms with Crippen LogP contribution in [0.4, 0.5) is 5.13 Å². The van der Waals surface area contributed by atoms with E-state index in [9.17, 15) is 23.4 Å². The average Bonchev–Trinajstić information content (AvgIpc) is 3.14. The van der Waals surface area contributed by atoms with E-state index in [0.717, 1.165) is 4.70 Å². The first-order valence-corrected chi connectivity index (χ1v) is 11.6. The van der Waals surface area contributed by atoms with Gasteiger partial charge in [-0.25, -0.2) is 13.4 Å². The number of aliphatic hydroxyl groups is 2. The van der Waals surface area contributed by atoms with Gasteiger partial charge in [-0.3, -0.25) is 10.1 Å². The van der Waals surface area contributed by atoms with Crippen molar-refractivity contribution >= 4 is 42.4 Å². The first-order chi connectivity index (χ1) is 14.3. The van der Waals surface area contributed by atoms with E-state index in [1.54, 1.807) is 31.2 Å². The molecule has 0 aliphatic carbocycles. The first kappa shape index (κ1) is 22.3. The number of hydrogen-bond donors (Lipinski definition) is 3.